The molecule has 0 radical (unpaired) electrons. The van der Waals surface area contributed by atoms with Gasteiger partial charge in [-0.1, -0.05) is 29.3 Å². The second-order valence-corrected chi connectivity index (χ2v) is 4.40. The highest BCUT2D eigenvalue weighted by Crippen LogP contribution is 2.23. The van der Waals surface area contributed by atoms with Gasteiger partial charge in [0.05, 0.1) is 0 Å². The molecule has 7 heteroatoms. The quantitative estimate of drug-likeness (QED) is 0.796. The maximum Gasteiger partial charge on any atom is 0.325 e. The Balaban J connectivity index is 2.55. The van der Waals surface area contributed by atoms with Crippen LogP contribution in [0.1, 0.15) is 12.5 Å². The van der Waals surface area contributed by atoms with Crippen LogP contribution in [0.3, 0.4) is 0 Å². The zero-order valence-corrected chi connectivity index (χ0v) is 11.0. The van der Waals surface area contributed by atoms with E-state index in [1.54, 1.807) is 18.2 Å². The summed E-state index contributed by atoms with van der Waals surface area (Å²) in [5.74, 6) is -1.11. The molecule has 98 valence electrons. The number of hydrogen-bond acceptors (Lipinski definition) is 2. The first-order chi connectivity index (χ1) is 8.41. The summed E-state index contributed by atoms with van der Waals surface area (Å²) < 4.78 is 0. The molecule has 0 bridgehead atoms. The van der Waals surface area contributed by atoms with E-state index >= 15 is 0 Å². The number of nitrogens with one attached hydrogen (secondary N) is 2. The van der Waals surface area contributed by atoms with Crippen molar-refractivity contribution in [2.24, 2.45) is 0 Å². The maximum absolute atomic E-state index is 11.4. The summed E-state index contributed by atoms with van der Waals surface area (Å²) in [5, 5.41) is 14.2. The molecule has 18 heavy (non-hydrogen) atoms. The first kappa shape index (κ1) is 14.6. The number of carbonyl (C=O) groups is 2. The van der Waals surface area contributed by atoms with Crippen LogP contribution in [0.4, 0.5) is 4.79 Å². The zero-order chi connectivity index (χ0) is 13.7. The van der Waals surface area contributed by atoms with Crippen molar-refractivity contribution in [1.82, 2.24) is 10.6 Å². The van der Waals surface area contributed by atoms with Crippen LogP contribution in [-0.2, 0) is 11.3 Å². The predicted octanol–water partition coefficient (Wildman–Crippen LogP) is 2.27. The summed E-state index contributed by atoms with van der Waals surface area (Å²) in [6.45, 7) is 1.49. The fourth-order valence-corrected chi connectivity index (χ4v) is 1.71. The van der Waals surface area contributed by atoms with Gasteiger partial charge in [-0.05, 0) is 19.1 Å². The highest BCUT2D eigenvalue weighted by molar-refractivity contribution is 6.36. The number of rotatable bonds is 4. The molecule has 0 fully saturated rings. The number of carbonyl (C=O) groups excluding carboxylic acids is 1. The van der Waals surface area contributed by atoms with Crippen molar-refractivity contribution < 1.29 is 14.7 Å². The van der Waals surface area contributed by atoms with Gasteiger partial charge in [0.1, 0.15) is 6.04 Å². The van der Waals surface area contributed by atoms with E-state index in [-0.39, 0.29) is 6.54 Å². The maximum atomic E-state index is 11.4. The van der Waals surface area contributed by atoms with E-state index in [1.807, 2.05) is 0 Å². The van der Waals surface area contributed by atoms with Crippen LogP contribution < -0.4 is 10.6 Å². The van der Waals surface area contributed by atoms with Crippen LogP contribution in [-0.4, -0.2) is 23.1 Å². The van der Waals surface area contributed by atoms with Gasteiger partial charge in [0.25, 0.3) is 0 Å². The molecule has 1 rings (SSSR count). The Labute approximate surface area is 114 Å². The van der Waals surface area contributed by atoms with Crippen molar-refractivity contribution >= 4 is 35.2 Å². The van der Waals surface area contributed by atoms with Crippen LogP contribution in [0, 0.1) is 0 Å². The van der Waals surface area contributed by atoms with Crippen molar-refractivity contribution in [2.45, 2.75) is 19.5 Å². The molecular weight excluding hydrogens is 279 g/mol. The monoisotopic (exact) mass is 290 g/mol. The molecule has 1 unspecified atom stereocenters. The highest BCUT2D eigenvalue weighted by atomic mass is 35.5. The lowest BCUT2D eigenvalue weighted by atomic mass is 10.2. The van der Waals surface area contributed by atoms with Gasteiger partial charge in [0, 0.05) is 22.2 Å². The number of hydrogen-bond donors (Lipinski definition) is 3. The van der Waals surface area contributed by atoms with Gasteiger partial charge in [-0.2, -0.15) is 0 Å². The molecule has 3 N–H and O–H groups in total. The molecule has 0 aliphatic heterocycles. The van der Waals surface area contributed by atoms with E-state index < -0.39 is 18.0 Å². The highest BCUT2D eigenvalue weighted by Gasteiger charge is 2.14. The Bertz CT molecular complexity index is 445. The second kappa shape index (κ2) is 6.47. The van der Waals surface area contributed by atoms with Crippen molar-refractivity contribution in [3.63, 3.8) is 0 Å². The van der Waals surface area contributed by atoms with Crippen molar-refractivity contribution in [3.05, 3.63) is 33.8 Å². The Hall–Kier alpha value is -1.46. The average Bonchev–Trinajstić information content (AvgIpc) is 2.28. The molecule has 5 nitrogen and oxygen atoms in total. The van der Waals surface area contributed by atoms with Gasteiger partial charge in [0.2, 0.25) is 0 Å². The fourth-order valence-electron chi connectivity index (χ4n) is 1.18. The predicted molar refractivity (Wildman–Crippen MR) is 68.9 cm³/mol. The minimum Gasteiger partial charge on any atom is -0.480 e. The molecule has 1 atom stereocenters. The molecule has 0 spiro atoms. The summed E-state index contributed by atoms with van der Waals surface area (Å²) >= 11 is 11.8. The van der Waals surface area contributed by atoms with E-state index in [4.69, 9.17) is 28.3 Å². The minimum absolute atomic E-state index is 0.122. The summed E-state index contributed by atoms with van der Waals surface area (Å²) in [4.78, 5) is 21.9. The van der Waals surface area contributed by atoms with E-state index in [0.717, 1.165) is 0 Å². The number of aliphatic carboxylic acids is 1. The number of urea groups is 1. The van der Waals surface area contributed by atoms with Gasteiger partial charge in [-0.15, -0.1) is 0 Å². The molecular formula is C11H12Cl2N2O3. The standard InChI is InChI=1S/C11H12Cl2N2O3/c1-6(10(16)17)15-11(18)14-5-7-8(12)3-2-4-9(7)13/h2-4,6H,5H2,1H3,(H,16,17)(H2,14,15,18). The third-order valence-electron chi connectivity index (χ3n) is 2.21. The average molecular weight is 291 g/mol. The van der Waals surface area contributed by atoms with Gasteiger partial charge in [-0.25, -0.2) is 4.79 Å². The SMILES string of the molecule is CC(NC(=O)NCc1c(Cl)cccc1Cl)C(=O)O. The van der Waals surface area contributed by atoms with E-state index in [2.05, 4.69) is 10.6 Å². The molecule has 0 heterocycles. The second-order valence-electron chi connectivity index (χ2n) is 3.59. The first-order valence-electron chi connectivity index (χ1n) is 5.12. The molecule has 0 saturated heterocycles. The van der Waals surface area contributed by atoms with Gasteiger partial charge >= 0.3 is 12.0 Å². The summed E-state index contributed by atoms with van der Waals surface area (Å²) in [6, 6.07) is 3.44. The van der Waals surface area contributed by atoms with Gasteiger partial charge in [0.15, 0.2) is 0 Å². The summed E-state index contributed by atoms with van der Waals surface area (Å²) in [6.07, 6.45) is 0. The lowest BCUT2D eigenvalue weighted by molar-refractivity contribution is -0.138. The minimum atomic E-state index is -1.11. The topological polar surface area (TPSA) is 78.4 Å². The Morgan fingerprint density at radius 1 is 1.33 bits per heavy atom. The van der Waals surface area contributed by atoms with E-state index in [9.17, 15) is 9.59 Å². The van der Waals surface area contributed by atoms with Crippen LogP contribution in [0.2, 0.25) is 10.0 Å². The molecule has 0 aliphatic rings. The lowest BCUT2D eigenvalue weighted by Crippen LogP contribution is -2.44. The first-order valence-corrected chi connectivity index (χ1v) is 5.87. The Morgan fingerprint density at radius 2 is 1.89 bits per heavy atom. The number of carboxylic acids is 1. The van der Waals surface area contributed by atoms with Crippen LogP contribution in [0.15, 0.2) is 18.2 Å². The van der Waals surface area contributed by atoms with E-state index in [0.29, 0.717) is 15.6 Å². The molecule has 0 aromatic heterocycles. The normalized spacial score (nSPS) is 11.7. The molecule has 2 amide bonds. The van der Waals surface area contributed by atoms with Gasteiger partial charge in [-0.3, -0.25) is 4.79 Å². The smallest absolute Gasteiger partial charge is 0.325 e. The molecule has 0 saturated carbocycles. The zero-order valence-electron chi connectivity index (χ0n) is 9.54. The number of amides is 2. The molecule has 1 aromatic rings. The number of halogens is 2. The molecule has 1 aromatic carbocycles. The number of benzene rings is 1. The summed E-state index contributed by atoms with van der Waals surface area (Å²) in [5.41, 5.74) is 0.582. The third-order valence-corrected chi connectivity index (χ3v) is 2.91. The van der Waals surface area contributed by atoms with Gasteiger partial charge < -0.3 is 15.7 Å². The van der Waals surface area contributed by atoms with Crippen LogP contribution in [0.25, 0.3) is 0 Å². The Kier molecular flexibility index (Phi) is 5.25. The third kappa shape index (κ3) is 4.09. The van der Waals surface area contributed by atoms with Crippen molar-refractivity contribution in [3.8, 4) is 0 Å². The lowest BCUT2D eigenvalue weighted by Gasteiger charge is -2.12. The largest absolute Gasteiger partial charge is 0.480 e. The van der Waals surface area contributed by atoms with E-state index in [1.165, 1.54) is 6.92 Å². The summed E-state index contributed by atoms with van der Waals surface area (Å²) in [7, 11) is 0. The molecule has 0 aliphatic carbocycles. The number of carboxylic acid groups (broad SMARTS) is 1. The van der Waals surface area contributed by atoms with Crippen LogP contribution in [0.5, 0.6) is 0 Å². The van der Waals surface area contributed by atoms with Crippen LogP contribution >= 0.6 is 23.2 Å². The Morgan fingerprint density at radius 3 is 2.39 bits per heavy atom. The fraction of sp³-hybridized carbons (Fsp3) is 0.273. The van der Waals surface area contributed by atoms with Crippen molar-refractivity contribution in [1.29, 1.82) is 0 Å². The van der Waals surface area contributed by atoms with Crippen molar-refractivity contribution in [2.75, 3.05) is 0 Å².